The number of fused-ring (bicyclic) bond motifs is 1. The first-order chi connectivity index (χ1) is 9.18. The average Bonchev–Trinajstić information content (AvgIpc) is 2.41. The number of rotatable bonds is 1. The minimum absolute atomic E-state index is 0.0375. The summed E-state index contributed by atoms with van der Waals surface area (Å²) in [6.07, 6.45) is 1.81. The second-order valence-corrected chi connectivity index (χ2v) is 4.81. The third kappa shape index (κ3) is 1.85. The molecule has 2 aromatic heterocycles. The summed E-state index contributed by atoms with van der Waals surface area (Å²) in [5.74, 6) is 0. The molecule has 1 aromatic carbocycles. The van der Waals surface area contributed by atoms with Crippen LogP contribution in [0.15, 0.2) is 59.5 Å². The molecule has 0 spiro atoms. The molecule has 0 aliphatic rings. The van der Waals surface area contributed by atoms with Crippen LogP contribution in [-0.2, 0) is 0 Å². The Morgan fingerprint density at radius 1 is 0.842 bits per heavy atom. The van der Waals surface area contributed by atoms with Crippen LogP contribution in [0.1, 0.15) is 11.1 Å². The largest absolute Gasteiger partial charge is 0.284 e. The molecule has 0 unspecified atom stereocenters. The van der Waals surface area contributed by atoms with Gasteiger partial charge in [-0.15, -0.1) is 0 Å². The average molecular weight is 249 g/mol. The molecule has 0 saturated carbocycles. The first-order valence-corrected chi connectivity index (χ1v) is 6.35. The van der Waals surface area contributed by atoms with Crippen LogP contribution in [0.25, 0.3) is 16.6 Å². The molecular weight excluding hydrogens is 234 g/mol. The second-order valence-electron chi connectivity index (χ2n) is 4.81. The molecule has 0 amide bonds. The highest BCUT2D eigenvalue weighted by molar-refractivity contribution is 5.71. The molecule has 0 aliphatic heterocycles. The molecule has 2 heterocycles. The maximum Gasteiger partial charge on any atom is 0.262 e. The van der Waals surface area contributed by atoms with Crippen LogP contribution in [0, 0.1) is 13.8 Å². The Labute approximate surface area is 112 Å². The molecule has 0 aliphatic carbocycles. The minimum atomic E-state index is 0.0375. The molecule has 0 bridgehead atoms. The van der Waals surface area contributed by atoms with Gasteiger partial charge in [0.1, 0.15) is 0 Å². The van der Waals surface area contributed by atoms with E-state index in [-0.39, 0.29) is 5.56 Å². The van der Waals surface area contributed by atoms with E-state index in [0.717, 1.165) is 27.8 Å². The Bertz CT molecular complexity index is 795. The predicted molar refractivity (Wildman–Crippen MR) is 78.6 cm³/mol. The summed E-state index contributed by atoms with van der Waals surface area (Å²) in [7, 11) is 0. The Morgan fingerprint density at radius 3 is 2.32 bits per heavy atom. The quantitative estimate of drug-likeness (QED) is 0.646. The molecule has 0 radical (unpaired) electrons. The van der Waals surface area contributed by atoms with E-state index in [2.05, 4.69) is 0 Å². The number of aryl methyl sites for hydroxylation is 2. The van der Waals surface area contributed by atoms with Gasteiger partial charge in [-0.25, -0.2) is 0 Å². The lowest BCUT2D eigenvalue weighted by Gasteiger charge is -2.10. The van der Waals surface area contributed by atoms with Gasteiger partial charge in [-0.1, -0.05) is 24.3 Å². The summed E-state index contributed by atoms with van der Waals surface area (Å²) in [5.41, 5.74) is 5.03. The van der Waals surface area contributed by atoms with Gasteiger partial charge in [0.25, 0.3) is 5.56 Å². The summed E-state index contributed by atoms with van der Waals surface area (Å²) in [5, 5.41) is 0. The number of pyridine rings is 2. The Morgan fingerprint density at radius 2 is 1.58 bits per heavy atom. The Kier molecular flexibility index (Phi) is 2.71. The highest BCUT2D eigenvalue weighted by Gasteiger charge is 2.10. The lowest BCUT2D eigenvalue weighted by atomic mass is 9.97. The zero-order valence-electron chi connectivity index (χ0n) is 11.1. The summed E-state index contributed by atoms with van der Waals surface area (Å²) in [6, 6.07) is 15.8. The summed E-state index contributed by atoms with van der Waals surface area (Å²) in [6.45, 7) is 4.09. The van der Waals surface area contributed by atoms with E-state index in [9.17, 15) is 4.79 Å². The van der Waals surface area contributed by atoms with Crippen molar-refractivity contribution in [3.8, 4) is 11.1 Å². The van der Waals surface area contributed by atoms with Crippen molar-refractivity contribution in [2.75, 3.05) is 0 Å². The molecule has 2 heteroatoms. The van der Waals surface area contributed by atoms with Crippen molar-refractivity contribution in [3.05, 3.63) is 76.2 Å². The second kappa shape index (κ2) is 4.39. The smallest absolute Gasteiger partial charge is 0.262 e. The molecule has 0 atom stereocenters. The molecule has 2 nitrogen and oxygen atoms in total. The minimum Gasteiger partial charge on any atom is -0.284 e. The normalized spacial score (nSPS) is 10.8. The van der Waals surface area contributed by atoms with Crippen LogP contribution in [0.2, 0.25) is 0 Å². The van der Waals surface area contributed by atoms with Crippen LogP contribution in [0.4, 0.5) is 0 Å². The monoisotopic (exact) mass is 249 g/mol. The van der Waals surface area contributed by atoms with Crippen molar-refractivity contribution in [2.24, 2.45) is 0 Å². The molecule has 0 N–H and O–H groups in total. The predicted octanol–water partition coefficient (Wildman–Crippen LogP) is 3.58. The first-order valence-electron chi connectivity index (χ1n) is 6.35. The van der Waals surface area contributed by atoms with Crippen molar-refractivity contribution in [1.82, 2.24) is 4.40 Å². The fourth-order valence-corrected chi connectivity index (χ4v) is 2.58. The maximum atomic E-state index is 12.6. The van der Waals surface area contributed by atoms with Crippen molar-refractivity contribution in [2.45, 2.75) is 13.8 Å². The molecule has 0 fully saturated rings. The number of benzene rings is 1. The number of hydrogen-bond donors (Lipinski definition) is 0. The molecule has 3 aromatic rings. The summed E-state index contributed by atoms with van der Waals surface area (Å²) >= 11 is 0. The van der Waals surface area contributed by atoms with E-state index in [0.29, 0.717) is 0 Å². The zero-order chi connectivity index (χ0) is 13.4. The number of hydrogen-bond acceptors (Lipinski definition) is 1. The topological polar surface area (TPSA) is 21.5 Å². The lowest BCUT2D eigenvalue weighted by molar-refractivity contribution is 1.10. The van der Waals surface area contributed by atoms with E-state index in [1.54, 1.807) is 4.40 Å². The van der Waals surface area contributed by atoms with Gasteiger partial charge in [-0.3, -0.25) is 9.20 Å². The van der Waals surface area contributed by atoms with Crippen LogP contribution >= 0.6 is 0 Å². The van der Waals surface area contributed by atoms with Gasteiger partial charge in [0.05, 0.1) is 0 Å². The highest BCUT2D eigenvalue weighted by Crippen LogP contribution is 2.24. The van der Waals surface area contributed by atoms with Crippen LogP contribution < -0.4 is 5.56 Å². The van der Waals surface area contributed by atoms with Gasteiger partial charge in [0, 0.05) is 17.3 Å². The van der Waals surface area contributed by atoms with E-state index < -0.39 is 0 Å². The van der Waals surface area contributed by atoms with Crippen molar-refractivity contribution < 1.29 is 0 Å². The third-order valence-corrected chi connectivity index (χ3v) is 3.51. The number of nitrogens with zero attached hydrogens (tertiary/aromatic N) is 1. The van der Waals surface area contributed by atoms with Crippen LogP contribution in [-0.4, -0.2) is 4.40 Å². The van der Waals surface area contributed by atoms with Crippen LogP contribution in [0.5, 0.6) is 0 Å². The van der Waals surface area contributed by atoms with Gasteiger partial charge in [-0.2, -0.15) is 0 Å². The Hall–Kier alpha value is -2.35. The van der Waals surface area contributed by atoms with E-state index >= 15 is 0 Å². The fraction of sp³-hybridized carbons (Fsp3) is 0.118. The molecule has 19 heavy (non-hydrogen) atoms. The first kappa shape index (κ1) is 11.7. The fourth-order valence-electron chi connectivity index (χ4n) is 2.58. The van der Waals surface area contributed by atoms with E-state index in [1.807, 2.05) is 68.6 Å². The van der Waals surface area contributed by atoms with Crippen molar-refractivity contribution in [3.63, 3.8) is 0 Å². The Balaban J connectivity index is 2.39. The maximum absolute atomic E-state index is 12.6. The molecule has 3 rings (SSSR count). The molecular formula is C17H15NO. The van der Waals surface area contributed by atoms with Gasteiger partial charge in [0.2, 0.25) is 0 Å². The van der Waals surface area contributed by atoms with Crippen molar-refractivity contribution >= 4 is 5.52 Å². The highest BCUT2D eigenvalue weighted by atomic mass is 16.1. The van der Waals surface area contributed by atoms with Gasteiger partial charge in [0.15, 0.2) is 0 Å². The van der Waals surface area contributed by atoms with E-state index in [1.165, 1.54) is 0 Å². The molecule has 0 saturated heterocycles. The SMILES string of the molecule is Cc1cccc(C)c1-c1ccc2ccccn2c1=O. The van der Waals surface area contributed by atoms with Gasteiger partial charge >= 0.3 is 0 Å². The van der Waals surface area contributed by atoms with Gasteiger partial charge in [-0.05, 0) is 54.8 Å². The lowest BCUT2D eigenvalue weighted by Crippen LogP contribution is -2.15. The molecule has 94 valence electrons. The van der Waals surface area contributed by atoms with E-state index in [4.69, 9.17) is 0 Å². The van der Waals surface area contributed by atoms with Crippen molar-refractivity contribution in [1.29, 1.82) is 0 Å². The summed E-state index contributed by atoms with van der Waals surface area (Å²) in [4.78, 5) is 12.6. The van der Waals surface area contributed by atoms with Crippen LogP contribution in [0.3, 0.4) is 0 Å². The standard InChI is InChI=1S/C17H15NO/c1-12-6-5-7-13(2)16(12)15-10-9-14-8-3-4-11-18(14)17(15)19/h3-11H,1-2H3. The number of aromatic nitrogens is 1. The summed E-state index contributed by atoms with van der Waals surface area (Å²) < 4.78 is 1.70. The zero-order valence-corrected chi connectivity index (χ0v) is 11.1. The third-order valence-electron chi connectivity index (χ3n) is 3.51. The van der Waals surface area contributed by atoms with Gasteiger partial charge < -0.3 is 0 Å².